The van der Waals surface area contributed by atoms with E-state index in [0.717, 1.165) is 16.5 Å². The van der Waals surface area contributed by atoms with Gasteiger partial charge in [0, 0.05) is 5.75 Å². The van der Waals surface area contributed by atoms with Crippen LogP contribution in [0.2, 0.25) is 0 Å². The molecule has 0 amide bonds. The van der Waals surface area contributed by atoms with E-state index in [1.54, 1.807) is 11.8 Å². The zero-order chi connectivity index (χ0) is 9.84. The molecule has 0 spiro atoms. The van der Waals surface area contributed by atoms with Gasteiger partial charge in [-0.2, -0.15) is 11.8 Å². The largest absolute Gasteiger partial charge is 0.465 e. The Balaban J connectivity index is 2.89. The van der Waals surface area contributed by atoms with E-state index in [1.807, 2.05) is 13.2 Å². The van der Waals surface area contributed by atoms with Gasteiger partial charge in [0.1, 0.15) is 9.88 Å². The fraction of sp³-hybridized carbons (Fsp3) is 0.500. The monoisotopic (exact) mass is 217 g/mol. The molecular formula is C8H11NO2S2. The van der Waals surface area contributed by atoms with E-state index in [9.17, 15) is 4.79 Å². The van der Waals surface area contributed by atoms with Crippen LogP contribution in [0.15, 0.2) is 0 Å². The van der Waals surface area contributed by atoms with Gasteiger partial charge in [-0.05, 0) is 13.2 Å². The molecule has 0 aliphatic heterocycles. The number of nitrogens with zero attached hydrogens (tertiary/aromatic N) is 1. The van der Waals surface area contributed by atoms with Crippen LogP contribution in [-0.4, -0.2) is 24.3 Å². The summed E-state index contributed by atoms with van der Waals surface area (Å²) in [4.78, 5) is 16.1. The summed E-state index contributed by atoms with van der Waals surface area (Å²) in [5.41, 5.74) is 0.765. The first-order chi connectivity index (χ1) is 6.19. The van der Waals surface area contributed by atoms with Gasteiger partial charge in [0.25, 0.3) is 0 Å². The smallest absolute Gasteiger partial charge is 0.349 e. The van der Waals surface area contributed by atoms with E-state index in [-0.39, 0.29) is 5.97 Å². The predicted molar refractivity (Wildman–Crippen MR) is 55.4 cm³/mol. The number of aromatic nitrogens is 1. The molecule has 0 atom stereocenters. The minimum atomic E-state index is -0.289. The first-order valence-corrected chi connectivity index (χ1v) is 5.93. The van der Waals surface area contributed by atoms with Gasteiger partial charge >= 0.3 is 5.97 Å². The van der Waals surface area contributed by atoms with E-state index < -0.39 is 0 Å². The quantitative estimate of drug-likeness (QED) is 0.727. The van der Waals surface area contributed by atoms with Crippen molar-refractivity contribution in [2.24, 2.45) is 0 Å². The maximum Gasteiger partial charge on any atom is 0.349 e. The zero-order valence-electron chi connectivity index (χ0n) is 7.79. The summed E-state index contributed by atoms with van der Waals surface area (Å²) in [5.74, 6) is 0.560. The summed E-state index contributed by atoms with van der Waals surface area (Å²) in [6.45, 7) is 1.83. The third kappa shape index (κ3) is 2.45. The molecule has 13 heavy (non-hydrogen) atoms. The fourth-order valence-corrected chi connectivity index (χ4v) is 2.60. The van der Waals surface area contributed by atoms with Crippen LogP contribution in [0.5, 0.6) is 0 Å². The molecule has 72 valence electrons. The number of esters is 1. The number of hydrogen-bond acceptors (Lipinski definition) is 5. The Hall–Kier alpha value is -0.550. The standard InChI is InChI=1S/C8H11NO2S2/c1-5-7(8(10)11-2)13-6(9-5)4-12-3/h4H2,1-3H3. The molecule has 0 N–H and O–H groups in total. The maximum atomic E-state index is 11.2. The predicted octanol–water partition coefficient (Wildman–Crippen LogP) is 2.10. The topological polar surface area (TPSA) is 39.2 Å². The van der Waals surface area contributed by atoms with Gasteiger partial charge in [-0.15, -0.1) is 11.3 Å². The van der Waals surface area contributed by atoms with Crippen molar-refractivity contribution in [2.45, 2.75) is 12.7 Å². The van der Waals surface area contributed by atoms with Gasteiger partial charge in [-0.3, -0.25) is 0 Å². The van der Waals surface area contributed by atoms with E-state index >= 15 is 0 Å². The van der Waals surface area contributed by atoms with Gasteiger partial charge < -0.3 is 4.74 Å². The van der Waals surface area contributed by atoms with Crippen molar-refractivity contribution < 1.29 is 9.53 Å². The van der Waals surface area contributed by atoms with E-state index in [0.29, 0.717) is 4.88 Å². The Morgan fingerprint density at radius 1 is 1.69 bits per heavy atom. The normalized spacial score (nSPS) is 10.1. The van der Waals surface area contributed by atoms with Crippen molar-refractivity contribution in [3.05, 3.63) is 15.6 Å². The van der Waals surface area contributed by atoms with Crippen LogP contribution in [0.3, 0.4) is 0 Å². The first kappa shape index (κ1) is 10.5. The number of hydrogen-bond donors (Lipinski definition) is 0. The zero-order valence-corrected chi connectivity index (χ0v) is 9.42. The highest BCUT2D eigenvalue weighted by Crippen LogP contribution is 2.21. The second-order valence-corrected chi connectivity index (χ2v) is 4.40. The van der Waals surface area contributed by atoms with Crippen molar-refractivity contribution in [1.29, 1.82) is 0 Å². The number of methoxy groups -OCH3 is 1. The van der Waals surface area contributed by atoms with E-state index in [1.165, 1.54) is 18.4 Å². The number of thiazole rings is 1. The molecule has 0 unspecified atom stereocenters. The Bertz CT molecular complexity index is 309. The molecule has 0 saturated heterocycles. The highest BCUT2D eigenvalue weighted by atomic mass is 32.2. The van der Waals surface area contributed by atoms with Gasteiger partial charge in [0.15, 0.2) is 0 Å². The van der Waals surface area contributed by atoms with Crippen LogP contribution in [0.1, 0.15) is 20.4 Å². The number of aryl methyl sites for hydroxylation is 1. The second-order valence-electron chi connectivity index (χ2n) is 2.45. The lowest BCUT2D eigenvalue weighted by Gasteiger charge is -1.93. The lowest BCUT2D eigenvalue weighted by atomic mass is 10.4. The molecule has 3 nitrogen and oxygen atoms in total. The molecule has 0 aliphatic rings. The Kier molecular flexibility index (Phi) is 3.74. The minimum absolute atomic E-state index is 0.289. The highest BCUT2D eigenvalue weighted by Gasteiger charge is 2.14. The molecule has 0 radical (unpaired) electrons. The summed E-state index contributed by atoms with van der Waals surface area (Å²) >= 11 is 3.10. The average Bonchev–Trinajstić information content (AvgIpc) is 2.46. The maximum absolute atomic E-state index is 11.2. The number of carbonyl (C=O) groups excluding carboxylic acids is 1. The number of ether oxygens (including phenoxy) is 1. The van der Waals surface area contributed by atoms with Gasteiger partial charge in [-0.25, -0.2) is 9.78 Å². The van der Waals surface area contributed by atoms with Crippen LogP contribution in [-0.2, 0) is 10.5 Å². The Labute approximate surface area is 85.5 Å². The molecular weight excluding hydrogens is 206 g/mol. The summed E-state index contributed by atoms with van der Waals surface area (Å²) in [6, 6.07) is 0. The van der Waals surface area contributed by atoms with Gasteiger partial charge in [0.2, 0.25) is 0 Å². The molecule has 0 saturated carbocycles. The summed E-state index contributed by atoms with van der Waals surface area (Å²) in [7, 11) is 1.38. The summed E-state index contributed by atoms with van der Waals surface area (Å²) in [6.07, 6.45) is 2.01. The van der Waals surface area contributed by atoms with Crippen LogP contribution in [0, 0.1) is 6.92 Å². The lowest BCUT2D eigenvalue weighted by molar-refractivity contribution is 0.0605. The fourth-order valence-electron chi connectivity index (χ4n) is 0.920. The molecule has 1 aromatic rings. The summed E-state index contributed by atoms with van der Waals surface area (Å²) < 4.78 is 4.63. The van der Waals surface area contributed by atoms with E-state index in [2.05, 4.69) is 9.72 Å². The molecule has 1 rings (SSSR count). The van der Waals surface area contributed by atoms with Crippen molar-refractivity contribution in [1.82, 2.24) is 4.98 Å². The number of thioether (sulfide) groups is 1. The van der Waals surface area contributed by atoms with Crippen LogP contribution >= 0.6 is 23.1 Å². The molecule has 0 aliphatic carbocycles. The first-order valence-electron chi connectivity index (χ1n) is 3.72. The summed E-state index contributed by atoms with van der Waals surface area (Å²) in [5, 5.41) is 0.977. The van der Waals surface area contributed by atoms with Crippen molar-refractivity contribution in [3.8, 4) is 0 Å². The lowest BCUT2D eigenvalue weighted by Crippen LogP contribution is -1.99. The molecule has 0 aromatic carbocycles. The minimum Gasteiger partial charge on any atom is -0.465 e. The van der Waals surface area contributed by atoms with E-state index in [4.69, 9.17) is 0 Å². The third-order valence-corrected chi connectivity index (χ3v) is 3.36. The number of carbonyl (C=O) groups is 1. The second kappa shape index (κ2) is 4.62. The third-order valence-electron chi connectivity index (χ3n) is 1.48. The number of rotatable bonds is 3. The van der Waals surface area contributed by atoms with Crippen molar-refractivity contribution in [3.63, 3.8) is 0 Å². The average molecular weight is 217 g/mol. The Morgan fingerprint density at radius 3 is 2.92 bits per heavy atom. The molecule has 0 bridgehead atoms. The van der Waals surface area contributed by atoms with Crippen molar-refractivity contribution in [2.75, 3.05) is 13.4 Å². The molecule has 5 heteroatoms. The molecule has 1 aromatic heterocycles. The highest BCUT2D eigenvalue weighted by molar-refractivity contribution is 7.97. The SMILES string of the molecule is COC(=O)c1sc(CSC)nc1C. The molecule has 0 fully saturated rings. The van der Waals surface area contributed by atoms with Crippen LogP contribution in [0.4, 0.5) is 0 Å². The van der Waals surface area contributed by atoms with Crippen LogP contribution in [0.25, 0.3) is 0 Å². The van der Waals surface area contributed by atoms with Gasteiger partial charge in [0.05, 0.1) is 12.8 Å². The molecule has 1 heterocycles. The van der Waals surface area contributed by atoms with Crippen LogP contribution < -0.4 is 0 Å². The van der Waals surface area contributed by atoms with Crippen molar-refractivity contribution >= 4 is 29.1 Å². The Morgan fingerprint density at radius 2 is 2.38 bits per heavy atom. The van der Waals surface area contributed by atoms with Gasteiger partial charge in [-0.1, -0.05) is 0 Å².